The fourth-order valence-electron chi connectivity index (χ4n) is 3.33. The summed E-state index contributed by atoms with van der Waals surface area (Å²) in [5.74, 6) is -0.170. The number of hydrogen-bond acceptors (Lipinski definition) is 3. The third-order valence-electron chi connectivity index (χ3n) is 4.80. The quantitative estimate of drug-likeness (QED) is 0.261. The molecule has 0 heterocycles. The Morgan fingerprint density at radius 3 is 1.72 bits per heavy atom. The number of unbranched alkanes of at least 4 members (excludes halogenated alkanes) is 3. The molecule has 0 aliphatic rings. The summed E-state index contributed by atoms with van der Waals surface area (Å²) in [5, 5.41) is 3.32. The van der Waals surface area contributed by atoms with E-state index in [1.807, 2.05) is 20.8 Å². The Hall–Kier alpha value is -0.0313. The first-order chi connectivity index (χ1) is 11.7. The topological polar surface area (TPSA) is 38.3 Å². The molecule has 0 aromatic rings. The van der Waals surface area contributed by atoms with Gasteiger partial charge in [-0.25, -0.2) is 0 Å². The fourth-order valence-corrected chi connectivity index (χ4v) is 18.7. The Morgan fingerprint density at radius 1 is 0.920 bits per heavy atom. The molecule has 0 bridgehead atoms. The van der Waals surface area contributed by atoms with Gasteiger partial charge in [0.05, 0.1) is 0 Å². The first-order valence-electron chi connectivity index (χ1n) is 10.3. The van der Waals surface area contributed by atoms with Gasteiger partial charge >= 0.3 is 161 Å². The van der Waals surface area contributed by atoms with E-state index < -0.39 is 24.0 Å². The summed E-state index contributed by atoms with van der Waals surface area (Å²) in [6, 6.07) is 0. The van der Waals surface area contributed by atoms with Crippen LogP contribution >= 0.6 is 0 Å². The van der Waals surface area contributed by atoms with E-state index in [0.29, 0.717) is 0 Å². The molecule has 0 spiro atoms. The number of carbonyl (C=O) groups is 1. The van der Waals surface area contributed by atoms with Crippen LogP contribution in [0.1, 0.15) is 80.1 Å². The predicted octanol–water partition coefficient (Wildman–Crippen LogP) is 5.86. The van der Waals surface area contributed by atoms with E-state index in [-0.39, 0.29) is 12.5 Å². The number of nitrogens with one attached hydrogen (secondary N) is 1. The van der Waals surface area contributed by atoms with Gasteiger partial charge in [-0.3, -0.25) is 0 Å². The Kier molecular flexibility index (Phi) is 13.2. The van der Waals surface area contributed by atoms with Crippen LogP contribution in [-0.2, 0) is 9.53 Å². The van der Waals surface area contributed by atoms with Crippen molar-refractivity contribution in [3.63, 3.8) is 0 Å². The third kappa shape index (κ3) is 11.3. The van der Waals surface area contributed by atoms with Crippen LogP contribution in [0, 0.1) is 0 Å². The summed E-state index contributed by atoms with van der Waals surface area (Å²) < 4.78 is 11.2. The van der Waals surface area contributed by atoms with E-state index in [1.54, 1.807) is 0 Å². The van der Waals surface area contributed by atoms with Crippen LogP contribution in [0.4, 0.5) is 0 Å². The molecule has 148 valence electrons. The van der Waals surface area contributed by atoms with Gasteiger partial charge in [0, 0.05) is 0 Å². The number of ether oxygens (including phenoxy) is 1. The molecule has 3 nitrogen and oxygen atoms in total. The molecule has 0 aromatic heterocycles. The van der Waals surface area contributed by atoms with Crippen LogP contribution < -0.4 is 5.32 Å². The van der Waals surface area contributed by atoms with Gasteiger partial charge < -0.3 is 0 Å². The molecule has 0 amide bonds. The summed E-state index contributed by atoms with van der Waals surface area (Å²) in [4.78, 5) is 11.9. The van der Waals surface area contributed by atoms with Gasteiger partial charge in [0.15, 0.2) is 0 Å². The molecule has 0 radical (unpaired) electrons. The average molecular weight is 460 g/mol. The van der Waals surface area contributed by atoms with Crippen LogP contribution in [0.15, 0.2) is 10.2 Å². The van der Waals surface area contributed by atoms with Crippen molar-refractivity contribution < 1.29 is 9.53 Å². The van der Waals surface area contributed by atoms with Crippen molar-refractivity contribution in [1.29, 1.82) is 0 Å². The summed E-state index contributed by atoms with van der Waals surface area (Å²) in [5.41, 5.74) is -0.415. The summed E-state index contributed by atoms with van der Waals surface area (Å²) in [7, 11) is 0. The van der Waals surface area contributed by atoms with Gasteiger partial charge in [-0.2, -0.15) is 0 Å². The molecule has 0 atom stereocenters. The fraction of sp³-hybridized carbons (Fsp3) is 0.857. The molecule has 0 fully saturated rings. The Labute approximate surface area is 161 Å². The van der Waals surface area contributed by atoms with Gasteiger partial charge in [0.1, 0.15) is 0 Å². The molecule has 1 N–H and O–H groups in total. The number of carbonyl (C=O) groups excluding carboxylic acids is 1. The molecule has 0 aliphatic carbocycles. The van der Waals surface area contributed by atoms with Crippen LogP contribution in [0.3, 0.4) is 0 Å². The van der Waals surface area contributed by atoms with Crippen molar-refractivity contribution in [1.82, 2.24) is 5.32 Å². The SMILES string of the molecule is C=[C](CNCC(=O)OC(C)(C)C)[Sn]([CH2]CCC)([CH2]CCC)[CH2]CCC. The Morgan fingerprint density at radius 2 is 1.36 bits per heavy atom. The van der Waals surface area contributed by atoms with Crippen molar-refractivity contribution in [2.24, 2.45) is 0 Å². The third-order valence-corrected chi connectivity index (χ3v) is 20.8. The molecular formula is C21H43NO2Sn. The van der Waals surface area contributed by atoms with Crippen LogP contribution in [0.5, 0.6) is 0 Å². The molecule has 0 saturated carbocycles. The van der Waals surface area contributed by atoms with Crippen LogP contribution in [0.2, 0.25) is 13.3 Å². The zero-order valence-electron chi connectivity index (χ0n) is 17.8. The molecule has 25 heavy (non-hydrogen) atoms. The van der Waals surface area contributed by atoms with Crippen LogP contribution in [-0.4, -0.2) is 43.0 Å². The van der Waals surface area contributed by atoms with Gasteiger partial charge in [-0.05, 0) is 0 Å². The van der Waals surface area contributed by atoms with Crippen molar-refractivity contribution >= 4 is 24.3 Å². The van der Waals surface area contributed by atoms with E-state index >= 15 is 0 Å². The second-order valence-corrected chi connectivity index (χ2v) is 22.0. The Bertz CT molecular complexity index is 366. The summed E-state index contributed by atoms with van der Waals surface area (Å²) in [6.07, 6.45) is 7.85. The zero-order chi connectivity index (χ0) is 19.3. The molecular weight excluding hydrogens is 417 g/mol. The molecule has 4 heteroatoms. The normalized spacial score (nSPS) is 12.2. The average Bonchev–Trinajstić information content (AvgIpc) is 2.52. The van der Waals surface area contributed by atoms with Crippen molar-refractivity contribution in [3.05, 3.63) is 10.2 Å². The maximum absolute atomic E-state index is 11.9. The van der Waals surface area contributed by atoms with Crippen molar-refractivity contribution in [3.8, 4) is 0 Å². The minimum absolute atomic E-state index is 0.170. The van der Waals surface area contributed by atoms with E-state index in [1.165, 1.54) is 55.4 Å². The number of hydrogen-bond donors (Lipinski definition) is 1. The van der Waals surface area contributed by atoms with E-state index in [9.17, 15) is 4.79 Å². The summed E-state index contributed by atoms with van der Waals surface area (Å²) >= 11 is -2.37. The van der Waals surface area contributed by atoms with Crippen LogP contribution in [0.25, 0.3) is 0 Å². The molecule has 0 aliphatic heterocycles. The summed E-state index contributed by atoms with van der Waals surface area (Å²) in [6.45, 7) is 18.2. The Balaban J connectivity index is 4.79. The number of esters is 1. The number of rotatable bonds is 14. The van der Waals surface area contributed by atoms with E-state index in [2.05, 4.69) is 32.7 Å². The first-order valence-corrected chi connectivity index (χ1v) is 17.8. The second-order valence-electron chi connectivity index (χ2n) is 8.38. The standard InChI is InChI=1S/C9H16NO2.3C4H9.Sn/c1-5-6-10-7-8(11)12-9(2,3)4;3*1-3-4-2;/h10H,1,6-7H2,2-4H3;3*1,3-4H2,2H3;. The molecule has 0 rings (SSSR count). The van der Waals surface area contributed by atoms with Gasteiger partial charge in [-0.1, -0.05) is 0 Å². The molecule has 0 saturated heterocycles. The predicted molar refractivity (Wildman–Crippen MR) is 113 cm³/mol. The van der Waals surface area contributed by atoms with Gasteiger partial charge in [0.25, 0.3) is 0 Å². The van der Waals surface area contributed by atoms with Gasteiger partial charge in [-0.15, -0.1) is 0 Å². The second kappa shape index (κ2) is 13.2. The molecule has 0 unspecified atom stereocenters. The maximum atomic E-state index is 11.9. The van der Waals surface area contributed by atoms with E-state index in [4.69, 9.17) is 4.74 Å². The van der Waals surface area contributed by atoms with Gasteiger partial charge in [0.2, 0.25) is 0 Å². The van der Waals surface area contributed by atoms with Crippen molar-refractivity contribution in [2.75, 3.05) is 13.1 Å². The first kappa shape index (κ1) is 25.0. The minimum atomic E-state index is -2.37. The van der Waals surface area contributed by atoms with Crippen molar-refractivity contribution in [2.45, 2.75) is 99.0 Å². The van der Waals surface area contributed by atoms with E-state index in [0.717, 1.165) is 6.54 Å². The zero-order valence-corrected chi connectivity index (χ0v) is 20.7. The monoisotopic (exact) mass is 461 g/mol. The molecule has 0 aromatic carbocycles.